The number of rotatable bonds is 2. The SMILES string of the molecule is CCC(N)c1nc2cnccc2s1. The van der Waals surface area contributed by atoms with Gasteiger partial charge in [0.25, 0.3) is 0 Å². The van der Waals surface area contributed by atoms with Gasteiger partial charge in [0.05, 0.1) is 22.5 Å². The highest BCUT2D eigenvalue weighted by molar-refractivity contribution is 7.18. The number of hydrogen-bond donors (Lipinski definition) is 1. The summed E-state index contributed by atoms with van der Waals surface area (Å²) < 4.78 is 1.16. The molecule has 0 saturated carbocycles. The van der Waals surface area contributed by atoms with Crippen molar-refractivity contribution in [2.45, 2.75) is 19.4 Å². The summed E-state index contributed by atoms with van der Waals surface area (Å²) in [7, 11) is 0. The first-order valence-corrected chi connectivity index (χ1v) is 5.09. The predicted molar refractivity (Wildman–Crippen MR) is 54.6 cm³/mol. The van der Waals surface area contributed by atoms with Crippen LogP contribution < -0.4 is 5.73 Å². The molecule has 1 unspecified atom stereocenters. The molecule has 0 bridgehead atoms. The van der Waals surface area contributed by atoms with Crippen LogP contribution in [-0.4, -0.2) is 9.97 Å². The van der Waals surface area contributed by atoms with Gasteiger partial charge in [-0.3, -0.25) is 4.98 Å². The van der Waals surface area contributed by atoms with Crippen LogP contribution in [0.3, 0.4) is 0 Å². The molecule has 0 aliphatic heterocycles. The summed E-state index contributed by atoms with van der Waals surface area (Å²) in [5.74, 6) is 0. The van der Waals surface area contributed by atoms with Gasteiger partial charge in [0.2, 0.25) is 0 Å². The van der Waals surface area contributed by atoms with Crippen molar-refractivity contribution in [3.63, 3.8) is 0 Å². The van der Waals surface area contributed by atoms with Gasteiger partial charge in [-0.25, -0.2) is 4.98 Å². The third-order valence-electron chi connectivity index (χ3n) is 1.96. The minimum atomic E-state index is 0.0670. The zero-order valence-electron chi connectivity index (χ0n) is 7.40. The molecule has 0 radical (unpaired) electrons. The van der Waals surface area contributed by atoms with E-state index in [2.05, 4.69) is 16.9 Å². The van der Waals surface area contributed by atoms with Crippen LogP contribution in [0, 0.1) is 0 Å². The average molecular weight is 193 g/mol. The van der Waals surface area contributed by atoms with Crippen LogP contribution in [0.25, 0.3) is 10.2 Å². The molecule has 0 aromatic carbocycles. The van der Waals surface area contributed by atoms with E-state index in [-0.39, 0.29) is 6.04 Å². The molecule has 2 heterocycles. The standard InChI is InChI=1S/C9H11N3S/c1-2-6(10)9-12-7-5-11-4-3-8(7)13-9/h3-6H,2,10H2,1H3. The lowest BCUT2D eigenvalue weighted by atomic mass is 10.2. The number of aromatic nitrogens is 2. The monoisotopic (exact) mass is 193 g/mol. The van der Waals surface area contributed by atoms with E-state index in [0.29, 0.717) is 0 Å². The Morgan fingerprint density at radius 1 is 1.62 bits per heavy atom. The van der Waals surface area contributed by atoms with Crippen molar-refractivity contribution in [1.29, 1.82) is 0 Å². The highest BCUT2D eigenvalue weighted by Crippen LogP contribution is 2.25. The molecule has 0 saturated heterocycles. The second-order valence-corrected chi connectivity index (χ2v) is 3.97. The van der Waals surface area contributed by atoms with Gasteiger partial charge >= 0.3 is 0 Å². The molecule has 0 aliphatic rings. The van der Waals surface area contributed by atoms with Crippen LogP contribution in [0.5, 0.6) is 0 Å². The van der Waals surface area contributed by atoms with Gasteiger partial charge in [-0.1, -0.05) is 6.92 Å². The third-order valence-corrected chi connectivity index (χ3v) is 3.13. The molecule has 2 rings (SSSR count). The summed E-state index contributed by atoms with van der Waals surface area (Å²) in [4.78, 5) is 8.43. The molecule has 3 nitrogen and oxygen atoms in total. The first kappa shape index (κ1) is 8.59. The van der Waals surface area contributed by atoms with Crippen molar-refractivity contribution < 1.29 is 0 Å². The molecule has 0 spiro atoms. The molecule has 13 heavy (non-hydrogen) atoms. The molecular weight excluding hydrogens is 182 g/mol. The zero-order valence-corrected chi connectivity index (χ0v) is 8.21. The Balaban J connectivity index is 2.49. The largest absolute Gasteiger partial charge is 0.322 e. The quantitative estimate of drug-likeness (QED) is 0.794. The van der Waals surface area contributed by atoms with Gasteiger partial charge in [0.1, 0.15) is 5.01 Å². The fourth-order valence-corrected chi connectivity index (χ4v) is 2.15. The maximum Gasteiger partial charge on any atom is 0.111 e. The third kappa shape index (κ3) is 1.55. The molecule has 0 aliphatic carbocycles. The van der Waals surface area contributed by atoms with Gasteiger partial charge in [-0.2, -0.15) is 0 Å². The molecule has 2 aromatic rings. The van der Waals surface area contributed by atoms with E-state index in [9.17, 15) is 0 Å². The van der Waals surface area contributed by atoms with Crippen LogP contribution in [0.2, 0.25) is 0 Å². The van der Waals surface area contributed by atoms with Crippen molar-refractivity contribution in [3.8, 4) is 0 Å². The Bertz CT molecular complexity index is 377. The minimum Gasteiger partial charge on any atom is -0.322 e. The topological polar surface area (TPSA) is 51.8 Å². The summed E-state index contributed by atoms with van der Waals surface area (Å²) >= 11 is 1.65. The van der Waals surface area contributed by atoms with Gasteiger partial charge in [-0.15, -0.1) is 11.3 Å². The number of fused-ring (bicyclic) bond motifs is 1. The second kappa shape index (κ2) is 3.40. The van der Waals surface area contributed by atoms with Crippen molar-refractivity contribution in [3.05, 3.63) is 23.5 Å². The second-order valence-electron chi connectivity index (χ2n) is 2.91. The van der Waals surface area contributed by atoms with E-state index in [1.165, 1.54) is 0 Å². The Morgan fingerprint density at radius 3 is 3.15 bits per heavy atom. The summed E-state index contributed by atoms with van der Waals surface area (Å²) in [6.45, 7) is 2.06. The molecule has 4 heteroatoms. The molecule has 68 valence electrons. The first-order chi connectivity index (χ1) is 6.31. The summed E-state index contributed by atoms with van der Waals surface area (Å²) in [6.07, 6.45) is 4.48. The predicted octanol–water partition coefficient (Wildman–Crippen LogP) is 2.10. The first-order valence-electron chi connectivity index (χ1n) is 4.27. The lowest BCUT2D eigenvalue weighted by molar-refractivity contribution is 0.694. The van der Waals surface area contributed by atoms with E-state index in [1.807, 2.05) is 6.07 Å². The molecule has 0 amide bonds. The number of nitrogens with zero attached hydrogens (tertiary/aromatic N) is 2. The Hall–Kier alpha value is -1.00. The van der Waals surface area contributed by atoms with E-state index in [0.717, 1.165) is 21.6 Å². The minimum absolute atomic E-state index is 0.0670. The zero-order chi connectivity index (χ0) is 9.26. The van der Waals surface area contributed by atoms with Gasteiger partial charge in [-0.05, 0) is 12.5 Å². The number of hydrogen-bond acceptors (Lipinski definition) is 4. The van der Waals surface area contributed by atoms with Gasteiger partial charge < -0.3 is 5.73 Å². The summed E-state index contributed by atoms with van der Waals surface area (Å²) in [5, 5.41) is 1.01. The van der Waals surface area contributed by atoms with Crippen LogP contribution in [0.15, 0.2) is 18.5 Å². The van der Waals surface area contributed by atoms with Crippen molar-refractivity contribution in [2.75, 3.05) is 0 Å². The number of pyridine rings is 1. The van der Waals surface area contributed by atoms with Crippen LogP contribution in [0.1, 0.15) is 24.4 Å². The van der Waals surface area contributed by atoms with Crippen LogP contribution >= 0.6 is 11.3 Å². The van der Waals surface area contributed by atoms with E-state index < -0.39 is 0 Å². The molecular formula is C9H11N3S. The molecule has 2 aromatic heterocycles. The van der Waals surface area contributed by atoms with E-state index in [1.54, 1.807) is 23.7 Å². The number of nitrogens with two attached hydrogens (primary N) is 1. The Labute approximate surface area is 80.6 Å². The van der Waals surface area contributed by atoms with Gasteiger partial charge in [0, 0.05) is 6.20 Å². The van der Waals surface area contributed by atoms with Crippen LogP contribution in [-0.2, 0) is 0 Å². The lowest BCUT2D eigenvalue weighted by Gasteiger charge is -2.01. The smallest absolute Gasteiger partial charge is 0.111 e. The highest BCUT2D eigenvalue weighted by Gasteiger charge is 2.09. The fraction of sp³-hybridized carbons (Fsp3) is 0.333. The maximum absolute atomic E-state index is 5.89. The van der Waals surface area contributed by atoms with Crippen molar-refractivity contribution in [2.24, 2.45) is 5.73 Å². The summed E-state index contributed by atoms with van der Waals surface area (Å²) in [5.41, 5.74) is 6.84. The summed E-state index contributed by atoms with van der Waals surface area (Å²) in [6, 6.07) is 2.04. The normalized spacial score (nSPS) is 13.4. The molecule has 0 fully saturated rings. The lowest BCUT2D eigenvalue weighted by Crippen LogP contribution is -2.07. The molecule has 2 N–H and O–H groups in total. The number of thiazole rings is 1. The highest BCUT2D eigenvalue weighted by atomic mass is 32.1. The molecule has 1 atom stereocenters. The van der Waals surface area contributed by atoms with E-state index >= 15 is 0 Å². The Morgan fingerprint density at radius 2 is 2.46 bits per heavy atom. The van der Waals surface area contributed by atoms with Gasteiger partial charge in [0.15, 0.2) is 0 Å². The van der Waals surface area contributed by atoms with E-state index in [4.69, 9.17) is 5.73 Å². The van der Waals surface area contributed by atoms with Crippen LogP contribution in [0.4, 0.5) is 0 Å². The average Bonchev–Trinajstić information content (AvgIpc) is 2.59. The fourth-order valence-electron chi connectivity index (χ4n) is 1.13. The Kier molecular flexibility index (Phi) is 2.24. The maximum atomic E-state index is 5.89. The van der Waals surface area contributed by atoms with Crippen molar-refractivity contribution >= 4 is 21.6 Å². The van der Waals surface area contributed by atoms with Crippen molar-refractivity contribution in [1.82, 2.24) is 9.97 Å².